The van der Waals surface area contributed by atoms with Crippen LogP contribution in [0.15, 0.2) is 24.3 Å². The number of anilines is 1. The lowest BCUT2D eigenvalue weighted by atomic mass is 10.2. The van der Waals surface area contributed by atoms with Gasteiger partial charge >= 0.3 is 0 Å². The third-order valence-electron chi connectivity index (χ3n) is 2.24. The first kappa shape index (κ1) is 12.8. The average molecular weight is 243 g/mol. The Balaban J connectivity index is 2.80. The fraction of sp³-hybridized carbons (Fsp3) is 0.364. The summed E-state index contributed by atoms with van der Waals surface area (Å²) in [6.45, 7) is 1.23. The number of carbonyl (C=O) groups is 1. The largest absolute Gasteiger partial charge is 0.395 e. The molecule has 0 fully saturated rings. The Labute approximate surface area is 99.6 Å². The first-order valence-electron chi connectivity index (χ1n) is 5.00. The number of halogens is 1. The summed E-state index contributed by atoms with van der Waals surface area (Å²) < 4.78 is 0. The highest BCUT2D eigenvalue weighted by atomic mass is 35.5. The first-order valence-corrected chi connectivity index (χ1v) is 5.54. The van der Waals surface area contributed by atoms with Gasteiger partial charge in [0.15, 0.2) is 0 Å². The summed E-state index contributed by atoms with van der Waals surface area (Å²) >= 11 is 5.67. The molecule has 0 aliphatic carbocycles. The van der Waals surface area contributed by atoms with Gasteiger partial charge < -0.3 is 15.7 Å². The molecule has 0 radical (unpaired) electrons. The molecule has 1 aromatic carbocycles. The number of benzene rings is 1. The van der Waals surface area contributed by atoms with E-state index in [1.54, 1.807) is 24.3 Å². The number of nitrogens with zero attached hydrogens (tertiary/aromatic N) is 1. The van der Waals surface area contributed by atoms with E-state index in [-0.39, 0.29) is 6.61 Å². The maximum absolute atomic E-state index is 10.9. The predicted octanol–water partition coefficient (Wildman–Crippen LogP) is 0.823. The van der Waals surface area contributed by atoms with E-state index in [0.29, 0.717) is 24.5 Å². The second kappa shape index (κ2) is 6.35. The van der Waals surface area contributed by atoms with Crippen LogP contribution in [0.1, 0.15) is 10.4 Å². The molecular formula is C11H15ClN2O2. The monoisotopic (exact) mass is 242 g/mol. The zero-order valence-electron chi connectivity index (χ0n) is 8.90. The van der Waals surface area contributed by atoms with E-state index in [2.05, 4.69) is 0 Å². The van der Waals surface area contributed by atoms with Crippen molar-refractivity contribution in [2.75, 3.05) is 30.5 Å². The van der Waals surface area contributed by atoms with Gasteiger partial charge in [0.2, 0.25) is 5.91 Å². The minimum absolute atomic E-state index is 0.0639. The number of hydrogen-bond acceptors (Lipinski definition) is 3. The standard InChI is InChI=1S/C11H15ClN2O2/c12-5-6-14(7-8-15)10-3-1-9(2-4-10)11(13)16/h1-4,15H,5-8H2,(H2,13,16). The van der Waals surface area contributed by atoms with Crippen LogP contribution in [0.4, 0.5) is 5.69 Å². The Morgan fingerprint density at radius 2 is 1.94 bits per heavy atom. The van der Waals surface area contributed by atoms with Crippen LogP contribution in [-0.2, 0) is 0 Å². The molecule has 4 nitrogen and oxygen atoms in total. The Hall–Kier alpha value is -1.26. The van der Waals surface area contributed by atoms with Crippen LogP contribution in [0.5, 0.6) is 0 Å². The topological polar surface area (TPSA) is 66.6 Å². The van der Waals surface area contributed by atoms with E-state index in [0.717, 1.165) is 5.69 Å². The summed E-state index contributed by atoms with van der Waals surface area (Å²) in [5, 5.41) is 8.91. The van der Waals surface area contributed by atoms with Crippen molar-refractivity contribution in [3.8, 4) is 0 Å². The summed E-state index contributed by atoms with van der Waals surface area (Å²) in [7, 11) is 0. The van der Waals surface area contributed by atoms with Gasteiger partial charge in [-0.15, -0.1) is 11.6 Å². The van der Waals surface area contributed by atoms with Gasteiger partial charge in [0, 0.05) is 30.2 Å². The Bertz CT molecular complexity index is 334. The van der Waals surface area contributed by atoms with E-state index in [1.807, 2.05) is 4.90 Å². The molecule has 0 spiro atoms. The Morgan fingerprint density at radius 1 is 1.31 bits per heavy atom. The van der Waals surface area contributed by atoms with Crippen LogP contribution in [-0.4, -0.2) is 36.6 Å². The van der Waals surface area contributed by atoms with Crippen molar-refractivity contribution in [1.29, 1.82) is 0 Å². The van der Waals surface area contributed by atoms with Crippen molar-refractivity contribution in [2.24, 2.45) is 5.73 Å². The zero-order chi connectivity index (χ0) is 12.0. The van der Waals surface area contributed by atoms with Gasteiger partial charge in [0.05, 0.1) is 6.61 Å². The lowest BCUT2D eigenvalue weighted by Gasteiger charge is -2.22. The molecule has 0 aliphatic rings. The molecule has 1 rings (SSSR count). The molecule has 0 bridgehead atoms. The first-order chi connectivity index (χ1) is 7.69. The van der Waals surface area contributed by atoms with Crippen molar-refractivity contribution >= 4 is 23.2 Å². The van der Waals surface area contributed by atoms with E-state index in [9.17, 15) is 4.79 Å². The number of aliphatic hydroxyl groups is 1. The highest BCUT2D eigenvalue weighted by Crippen LogP contribution is 2.14. The SMILES string of the molecule is NC(=O)c1ccc(N(CCO)CCCl)cc1. The number of nitrogens with two attached hydrogens (primary N) is 1. The third kappa shape index (κ3) is 3.40. The predicted molar refractivity (Wildman–Crippen MR) is 65.0 cm³/mol. The molecule has 88 valence electrons. The van der Waals surface area contributed by atoms with Crippen LogP contribution in [0.2, 0.25) is 0 Å². The molecule has 0 heterocycles. The van der Waals surface area contributed by atoms with Crippen LogP contribution >= 0.6 is 11.6 Å². The minimum Gasteiger partial charge on any atom is -0.395 e. The van der Waals surface area contributed by atoms with E-state index >= 15 is 0 Å². The second-order valence-corrected chi connectivity index (χ2v) is 3.69. The molecule has 5 heteroatoms. The molecule has 1 amide bonds. The minimum atomic E-state index is -0.447. The molecule has 0 saturated heterocycles. The summed E-state index contributed by atoms with van der Waals surface area (Å²) in [6.07, 6.45) is 0. The maximum atomic E-state index is 10.9. The van der Waals surface area contributed by atoms with Gasteiger partial charge in [0.1, 0.15) is 0 Å². The molecule has 3 N–H and O–H groups in total. The van der Waals surface area contributed by atoms with Crippen LogP contribution in [0.25, 0.3) is 0 Å². The second-order valence-electron chi connectivity index (χ2n) is 3.31. The molecule has 0 unspecified atom stereocenters. The molecule has 0 aromatic heterocycles. The van der Waals surface area contributed by atoms with Crippen LogP contribution in [0, 0.1) is 0 Å². The highest BCUT2D eigenvalue weighted by molar-refractivity contribution is 6.18. The normalized spacial score (nSPS) is 10.1. The van der Waals surface area contributed by atoms with Gasteiger partial charge in [0.25, 0.3) is 0 Å². The van der Waals surface area contributed by atoms with E-state index in [4.69, 9.17) is 22.4 Å². The molecule has 1 aromatic rings. The summed E-state index contributed by atoms with van der Waals surface area (Å²) in [4.78, 5) is 12.8. The van der Waals surface area contributed by atoms with Gasteiger partial charge in [-0.05, 0) is 24.3 Å². The average Bonchev–Trinajstić information content (AvgIpc) is 2.29. The molecular weight excluding hydrogens is 228 g/mol. The number of rotatable bonds is 6. The Morgan fingerprint density at radius 3 is 2.38 bits per heavy atom. The fourth-order valence-corrected chi connectivity index (χ4v) is 1.63. The molecule has 16 heavy (non-hydrogen) atoms. The number of hydrogen-bond donors (Lipinski definition) is 2. The quantitative estimate of drug-likeness (QED) is 0.726. The number of carbonyl (C=O) groups excluding carboxylic acids is 1. The number of aliphatic hydroxyl groups excluding tert-OH is 1. The van der Waals surface area contributed by atoms with Gasteiger partial charge in [-0.1, -0.05) is 0 Å². The summed E-state index contributed by atoms with van der Waals surface area (Å²) in [5.41, 5.74) is 6.53. The van der Waals surface area contributed by atoms with E-state index < -0.39 is 5.91 Å². The number of primary amides is 1. The zero-order valence-corrected chi connectivity index (χ0v) is 9.65. The molecule has 0 atom stereocenters. The lowest BCUT2D eigenvalue weighted by Crippen LogP contribution is -2.28. The van der Waals surface area contributed by atoms with Crippen LogP contribution < -0.4 is 10.6 Å². The number of alkyl halides is 1. The van der Waals surface area contributed by atoms with Crippen molar-refractivity contribution in [2.45, 2.75) is 0 Å². The third-order valence-corrected chi connectivity index (χ3v) is 2.41. The summed E-state index contributed by atoms with van der Waals surface area (Å²) in [6, 6.07) is 6.91. The van der Waals surface area contributed by atoms with Crippen molar-refractivity contribution in [3.63, 3.8) is 0 Å². The van der Waals surface area contributed by atoms with Crippen LogP contribution in [0.3, 0.4) is 0 Å². The molecule has 0 aliphatic heterocycles. The van der Waals surface area contributed by atoms with Gasteiger partial charge in [-0.25, -0.2) is 0 Å². The smallest absolute Gasteiger partial charge is 0.248 e. The van der Waals surface area contributed by atoms with E-state index in [1.165, 1.54) is 0 Å². The van der Waals surface area contributed by atoms with Crippen molar-refractivity contribution in [3.05, 3.63) is 29.8 Å². The van der Waals surface area contributed by atoms with Gasteiger partial charge in [-0.2, -0.15) is 0 Å². The number of amides is 1. The Kier molecular flexibility index (Phi) is 5.08. The summed E-state index contributed by atoms with van der Waals surface area (Å²) in [5.74, 6) is 0.0370. The molecule has 0 saturated carbocycles. The van der Waals surface area contributed by atoms with Gasteiger partial charge in [-0.3, -0.25) is 4.79 Å². The maximum Gasteiger partial charge on any atom is 0.248 e. The fourth-order valence-electron chi connectivity index (χ4n) is 1.43. The lowest BCUT2D eigenvalue weighted by molar-refractivity contribution is 0.100. The van der Waals surface area contributed by atoms with Crippen molar-refractivity contribution < 1.29 is 9.90 Å². The highest BCUT2D eigenvalue weighted by Gasteiger charge is 2.06. The van der Waals surface area contributed by atoms with Crippen molar-refractivity contribution in [1.82, 2.24) is 0 Å².